The lowest BCUT2D eigenvalue weighted by atomic mass is 10.1. The number of alkyl halides is 3. The molecule has 0 unspecified atom stereocenters. The second-order valence-electron chi connectivity index (χ2n) is 7.20. The van der Waals surface area contributed by atoms with Crippen LogP contribution in [0.2, 0.25) is 0 Å². The Labute approximate surface area is 187 Å². The van der Waals surface area contributed by atoms with Crippen molar-refractivity contribution in [1.29, 1.82) is 0 Å². The average molecular weight is 461 g/mol. The highest BCUT2D eigenvalue weighted by Gasteiger charge is 2.31. The molecule has 0 radical (unpaired) electrons. The van der Waals surface area contributed by atoms with Crippen LogP contribution in [0.3, 0.4) is 0 Å². The van der Waals surface area contributed by atoms with Crippen LogP contribution < -0.4 is 10.1 Å². The van der Waals surface area contributed by atoms with Gasteiger partial charge in [0.05, 0.1) is 18.7 Å². The van der Waals surface area contributed by atoms with Crippen molar-refractivity contribution >= 4 is 11.9 Å². The third-order valence-corrected chi connectivity index (χ3v) is 4.78. The van der Waals surface area contributed by atoms with E-state index in [0.717, 1.165) is 11.3 Å². The van der Waals surface area contributed by atoms with Crippen LogP contribution in [-0.2, 0) is 17.8 Å². The number of ether oxygens (including phenoxy) is 1. The molecule has 33 heavy (non-hydrogen) atoms. The Morgan fingerprint density at radius 1 is 1.09 bits per heavy atom. The first-order valence-corrected chi connectivity index (χ1v) is 10.2. The minimum Gasteiger partial charge on any atom is -0.481 e. The average Bonchev–Trinajstić information content (AvgIpc) is 3.16. The van der Waals surface area contributed by atoms with E-state index in [-0.39, 0.29) is 24.6 Å². The van der Waals surface area contributed by atoms with Crippen LogP contribution in [0.15, 0.2) is 54.6 Å². The molecule has 1 heterocycles. The van der Waals surface area contributed by atoms with Gasteiger partial charge in [0.2, 0.25) is 0 Å². The maximum Gasteiger partial charge on any atom is 0.573 e. The fourth-order valence-corrected chi connectivity index (χ4v) is 3.16. The van der Waals surface area contributed by atoms with Crippen molar-refractivity contribution in [1.82, 2.24) is 15.1 Å². The molecular weight excluding hydrogens is 439 g/mol. The number of benzene rings is 2. The molecule has 0 saturated carbocycles. The molecule has 2 N–H and O–H groups in total. The number of aliphatic carboxylic acids is 1. The van der Waals surface area contributed by atoms with Gasteiger partial charge in [-0.15, -0.1) is 13.2 Å². The first-order chi connectivity index (χ1) is 15.6. The number of aryl methyl sites for hydroxylation is 1. The monoisotopic (exact) mass is 461 g/mol. The number of hydrogen-bond donors (Lipinski definition) is 2. The predicted octanol–water partition coefficient (Wildman–Crippen LogP) is 4.26. The van der Waals surface area contributed by atoms with Crippen molar-refractivity contribution in [2.24, 2.45) is 0 Å². The molecule has 0 aliphatic rings. The van der Waals surface area contributed by atoms with Gasteiger partial charge in [-0.05, 0) is 54.4 Å². The molecule has 7 nitrogen and oxygen atoms in total. The van der Waals surface area contributed by atoms with Crippen LogP contribution in [0.4, 0.5) is 13.2 Å². The van der Waals surface area contributed by atoms with E-state index in [0.29, 0.717) is 29.8 Å². The quantitative estimate of drug-likeness (QED) is 0.497. The molecule has 3 aromatic rings. The van der Waals surface area contributed by atoms with Crippen LogP contribution >= 0.6 is 0 Å². The number of carbonyl (C=O) groups is 2. The Hall–Kier alpha value is -3.82. The number of carbonyl (C=O) groups excluding carboxylic acids is 1. The lowest BCUT2D eigenvalue weighted by Gasteiger charge is -2.09. The Kier molecular flexibility index (Phi) is 7.37. The fourth-order valence-electron chi connectivity index (χ4n) is 3.16. The van der Waals surface area contributed by atoms with Gasteiger partial charge in [-0.3, -0.25) is 14.3 Å². The van der Waals surface area contributed by atoms with Crippen molar-refractivity contribution in [2.45, 2.75) is 32.7 Å². The van der Waals surface area contributed by atoms with E-state index in [1.54, 1.807) is 28.9 Å². The van der Waals surface area contributed by atoms with Gasteiger partial charge in [-0.2, -0.15) is 5.10 Å². The standard InChI is InChI=1S/C23H22F3N3O4/c1-2-18-13-20(16-7-9-19(10-8-16)33-23(24,25)26)28-29(18)14-15-3-5-17(6-4-15)22(32)27-12-11-21(30)31/h3-10,13H,2,11-12,14H2,1H3,(H,27,32)(H,30,31). The highest BCUT2D eigenvalue weighted by molar-refractivity contribution is 5.94. The molecule has 1 amide bonds. The van der Waals surface area contributed by atoms with E-state index < -0.39 is 12.3 Å². The van der Waals surface area contributed by atoms with Crippen LogP contribution in [0.1, 0.15) is 35.0 Å². The molecule has 0 aliphatic heterocycles. The number of aromatic nitrogens is 2. The van der Waals surface area contributed by atoms with E-state index in [1.807, 2.05) is 13.0 Å². The maximum atomic E-state index is 12.3. The zero-order valence-electron chi connectivity index (χ0n) is 17.7. The van der Waals surface area contributed by atoms with Crippen LogP contribution in [0.25, 0.3) is 11.3 Å². The third kappa shape index (κ3) is 6.83. The van der Waals surface area contributed by atoms with Crippen molar-refractivity contribution < 1.29 is 32.6 Å². The summed E-state index contributed by atoms with van der Waals surface area (Å²) in [6.07, 6.45) is -4.19. The molecule has 0 atom stereocenters. The number of amides is 1. The number of halogens is 3. The van der Waals surface area contributed by atoms with E-state index in [4.69, 9.17) is 5.11 Å². The summed E-state index contributed by atoms with van der Waals surface area (Å²) in [5.74, 6) is -1.63. The normalized spacial score (nSPS) is 11.3. The Morgan fingerprint density at radius 2 is 1.76 bits per heavy atom. The first kappa shape index (κ1) is 23.8. The van der Waals surface area contributed by atoms with E-state index >= 15 is 0 Å². The number of carboxylic acids is 1. The number of rotatable bonds is 9. The highest BCUT2D eigenvalue weighted by Crippen LogP contribution is 2.26. The minimum absolute atomic E-state index is 0.0507. The number of nitrogens with one attached hydrogen (secondary N) is 1. The molecule has 174 valence electrons. The van der Waals surface area contributed by atoms with Crippen LogP contribution in [0, 0.1) is 0 Å². The summed E-state index contributed by atoms with van der Waals surface area (Å²) in [5.41, 5.74) is 3.54. The van der Waals surface area contributed by atoms with Gasteiger partial charge < -0.3 is 15.2 Å². The van der Waals surface area contributed by atoms with Crippen molar-refractivity contribution in [3.8, 4) is 17.0 Å². The maximum absolute atomic E-state index is 12.3. The summed E-state index contributed by atoms with van der Waals surface area (Å²) in [7, 11) is 0. The van der Waals surface area contributed by atoms with Gasteiger partial charge in [0, 0.05) is 23.4 Å². The number of carboxylic acid groups (broad SMARTS) is 1. The summed E-state index contributed by atoms with van der Waals surface area (Å²) in [5, 5.41) is 15.8. The van der Waals surface area contributed by atoms with Gasteiger partial charge in [-0.1, -0.05) is 19.1 Å². The van der Waals surface area contributed by atoms with Crippen LogP contribution in [0.5, 0.6) is 5.75 Å². The molecule has 0 aliphatic carbocycles. The molecular formula is C23H22F3N3O4. The smallest absolute Gasteiger partial charge is 0.481 e. The molecule has 0 bridgehead atoms. The van der Waals surface area contributed by atoms with Gasteiger partial charge in [0.15, 0.2) is 0 Å². The Morgan fingerprint density at radius 3 is 2.33 bits per heavy atom. The second-order valence-corrected chi connectivity index (χ2v) is 7.20. The lowest BCUT2D eigenvalue weighted by molar-refractivity contribution is -0.274. The molecule has 10 heteroatoms. The predicted molar refractivity (Wildman–Crippen MR) is 114 cm³/mol. The fraction of sp³-hybridized carbons (Fsp3) is 0.261. The Bertz CT molecular complexity index is 1110. The highest BCUT2D eigenvalue weighted by atomic mass is 19.4. The van der Waals surface area contributed by atoms with E-state index in [1.165, 1.54) is 24.3 Å². The first-order valence-electron chi connectivity index (χ1n) is 10.2. The molecule has 0 spiro atoms. The molecule has 0 fully saturated rings. The molecule has 3 rings (SSSR count). The van der Waals surface area contributed by atoms with Gasteiger partial charge in [-0.25, -0.2) is 0 Å². The number of nitrogens with zero attached hydrogens (tertiary/aromatic N) is 2. The zero-order chi connectivity index (χ0) is 24.0. The van der Waals surface area contributed by atoms with E-state index in [2.05, 4.69) is 15.2 Å². The van der Waals surface area contributed by atoms with Crippen LogP contribution in [-0.4, -0.2) is 39.7 Å². The lowest BCUT2D eigenvalue weighted by Crippen LogP contribution is -2.25. The SMILES string of the molecule is CCc1cc(-c2ccc(OC(F)(F)F)cc2)nn1Cc1ccc(C(=O)NCCC(=O)O)cc1. The van der Waals surface area contributed by atoms with E-state index in [9.17, 15) is 22.8 Å². The van der Waals surface area contributed by atoms with Crippen molar-refractivity contribution in [3.63, 3.8) is 0 Å². The van der Waals surface area contributed by atoms with Gasteiger partial charge >= 0.3 is 12.3 Å². The summed E-state index contributed by atoms with van der Waals surface area (Å²) in [6.45, 7) is 2.47. The van der Waals surface area contributed by atoms with Gasteiger partial charge in [0.25, 0.3) is 5.91 Å². The van der Waals surface area contributed by atoms with Gasteiger partial charge in [0.1, 0.15) is 5.75 Å². The van der Waals surface area contributed by atoms with Crippen molar-refractivity contribution in [3.05, 3.63) is 71.4 Å². The molecule has 2 aromatic carbocycles. The minimum atomic E-state index is -4.74. The Balaban J connectivity index is 1.69. The van der Waals surface area contributed by atoms with Crippen molar-refractivity contribution in [2.75, 3.05) is 6.54 Å². The zero-order valence-corrected chi connectivity index (χ0v) is 17.7. The summed E-state index contributed by atoms with van der Waals surface area (Å²) < 4.78 is 42.7. The summed E-state index contributed by atoms with van der Waals surface area (Å²) in [6, 6.07) is 14.3. The molecule has 0 saturated heterocycles. The third-order valence-electron chi connectivity index (χ3n) is 4.78. The summed E-state index contributed by atoms with van der Waals surface area (Å²) in [4.78, 5) is 22.6. The topological polar surface area (TPSA) is 93.5 Å². The molecule has 1 aromatic heterocycles. The largest absolute Gasteiger partial charge is 0.573 e. The number of hydrogen-bond acceptors (Lipinski definition) is 4. The second kappa shape index (κ2) is 10.2. The summed E-state index contributed by atoms with van der Waals surface area (Å²) >= 11 is 0.